The molecule has 0 aliphatic heterocycles. The third-order valence-electron chi connectivity index (χ3n) is 4.97. The second-order valence-electron chi connectivity index (χ2n) is 6.47. The topological polar surface area (TPSA) is 35.2 Å². The summed E-state index contributed by atoms with van der Waals surface area (Å²) in [4.78, 5) is 0. The lowest BCUT2D eigenvalue weighted by Crippen LogP contribution is -2.47. The normalized spacial score (nSPS) is 28.4. The van der Waals surface area contributed by atoms with Crippen molar-refractivity contribution < 1.29 is 4.74 Å². The minimum absolute atomic E-state index is 0.0231. The van der Waals surface area contributed by atoms with Crippen LogP contribution in [0, 0.1) is 19.8 Å². The van der Waals surface area contributed by atoms with E-state index in [1.807, 2.05) is 0 Å². The van der Waals surface area contributed by atoms with Crippen molar-refractivity contribution in [2.45, 2.75) is 65.0 Å². The molecule has 3 unspecified atom stereocenters. The van der Waals surface area contributed by atoms with E-state index in [2.05, 4.69) is 45.9 Å². The fourth-order valence-corrected chi connectivity index (χ4v) is 3.73. The summed E-state index contributed by atoms with van der Waals surface area (Å²) in [6, 6.07) is 6.42. The van der Waals surface area contributed by atoms with Crippen molar-refractivity contribution in [1.82, 2.24) is 0 Å². The first-order valence-corrected chi connectivity index (χ1v) is 7.96. The molecule has 1 fully saturated rings. The molecule has 1 aliphatic carbocycles. The highest BCUT2D eigenvalue weighted by Gasteiger charge is 2.42. The Labute approximate surface area is 123 Å². The highest BCUT2D eigenvalue weighted by Crippen LogP contribution is 2.43. The van der Waals surface area contributed by atoms with E-state index < -0.39 is 0 Å². The molecule has 2 rings (SSSR count). The van der Waals surface area contributed by atoms with Crippen LogP contribution in [-0.2, 0) is 4.74 Å². The van der Waals surface area contributed by atoms with E-state index in [4.69, 9.17) is 10.5 Å². The number of benzene rings is 1. The third-order valence-corrected chi connectivity index (χ3v) is 4.97. The van der Waals surface area contributed by atoms with E-state index in [1.54, 1.807) is 0 Å². The Balaban J connectivity index is 2.35. The maximum Gasteiger partial charge on any atom is 0.0876 e. The number of rotatable bonds is 4. The summed E-state index contributed by atoms with van der Waals surface area (Å²) in [5.74, 6) is 0.700. The van der Waals surface area contributed by atoms with Crippen molar-refractivity contribution in [3.63, 3.8) is 0 Å². The zero-order valence-corrected chi connectivity index (χ0v) is 13.4. The lowest BCUT2D eigenvalue weighted by molar-refractivity contribution is -0.0939. The monoisotopic (exact) mass is 275 g/mol. The van der Waals surface area contributed by atoms with Crippen LogP contribution in [0.2, 0.25) is 0 Å². The highest BCUT2D eigenvalue weighted by atomic mass is 16.5. The van der Waals surface area contributed by atoms with E-state index in [9.17, 15) is 0 Å². The minimum atomic E-state index is -0.176. The Kier molecular flexibility index (Phi) is 4.87. The van der Waals surface area contributed by atoms with Crippen molar-refractivity contribution in [2.75, 3.05) is 6.61 Å². The molecule has 1 aromatic rings. The molecular formula is C18H29NO. The van der Waals surface area contributed by atoms with Gasteiger partial charge < -0.3 is 10.5 Å². The van der Waals surface area contributed by atoms with Gasteiger partial charge in [0.15, 0.2) is 0 Å². The van der Waals surface area contributed by atoms with Crippen LogP contribution in [0.5, 0.6) is 0 Å². The molecule has 2 N–H and O–H groups in total. The number of hydrogen-bond donors (Lipinski definition) is 1. The van der Waals surface area contributed by atoms with Crippen LogP contribution in [0.3, 0.4) is 0 Å². The largest absolute Gasteiger partial charge is 0.373 e. The van der Waals surface area contributed by atoms with Gasteiger partial charge in [-0.15, -0.1) is 0 Å². The summed E-state index contributed by atoms with van der Waals surface area (Å²) in [5, 5.41) is 0. The first-order chi connectivity index (χ1) is 9.50. The molecule has 112 valence electrons. The Bertz CT molecular complexity index is 453. The van der Waals surface area contributed by atoms with Crippen LogP contribution in [0.4, 0.5) is 0 Å². The van der Waals surface area contributed by atoms with Crippen LogP contribution < -0.4 is 5.73 Å². The van der Waals surface area contributed by atoms with Crippen molar-refractivity contribution in [2.24, 2.45) is 11.7 Å². The van der Waals surface area contributed by atoms with Gasteiger partial charge in [-0.25, -0.2) is 0 Å². The van der Waals surface area contributed by atoms with Gasteiger partial charge >= 0.3 is 0 Å². The lowest BCUT2D eigenvalue weighted by Gasteiger charge is -2.44. The number of ether oxygens (including phenoxy) is 1. The molecule has 0 spiro atoms. The van der Waals surface area contributed by atoms with E-state index in [0.29, 0.717) is 5.92 Å². The van der Waals surface area contributed by atoms with Gasteiger partial charge in [0, 0.05) is 6.61 Å². The summed E-state index contributed by atoms with van der Waals surface area (Å²) in [7, 11) is 0. The molecule has 1 aromatic carbocycles. The fourth-order valence-electron chi connectivity index (χ4n) is 3.73. The van der Waals surface area contributed by atoms with E-state index in [0.717, 1.165) is 19.4 Å². The Hall–Kier alpha value is -0.860. The summed E-state index contributed by atoms with van der Waals surface area (Å²) in [5.41, 5.74) is 10.4. The van der Waals surface area contributed by atoms with Gasteiger partial charge in [0.2, 0.25) is 0 Å². The summed E-state index contributed by atoms with van der Waals surface area (Å²) < 4.78 is 6.23. The second-order valence-corrected chi connectivity index (χ2v) is 6.47. The molecule has 0 aromatic heterocycles. The molecule has 1 aliphatic rings. The first-order valence-electron chi connectivity index (χ1n) is 7.96. The quantitative estimate of drug-likeness (QED) is 0.889. The maximum atomic E-state index is 6.70. The van der Waals surface area contributed by atoms with Gasteiger partial charge in [-0.2, -0.15) is 0 Å². The minimum Gasteiger partial charge on any atom is -0.373 e. The molecule has 2 nitrogen and oxygen atoms in total. The molecule has 2 heteroatoms. The maximum absolute atomic E-state index is 6.70. The summed E-state index contributed by atoms with van der Waals surface area (Å²) in [6.07, 6.45) is 4.68. The van der Waals surface area contributed by atoms with Crippen molar-refractivity contribution in [3.05, 3.63) is 34.9 Å². The Morgan fingerprint density at radius 1 is 1.40 bits per heavy atom. The van der Waals surface area contributed by atoms with Crippen molar-refractivity contribution in [1.29, 1.82) is 0 Å². The second kappa shape index (κ2) is 6.28. The van der Waals surface area contributed by atoms with Gasteiger partial charge in [0.1, 0.15) is 0 Å². The van der Waals surface area contributed by atoms with Crippen LogP contribution in [-0.4, -0.2) is 12.2 Å². The molecule has 0 saturated heterocycles. The molecule has 0 amide bonds. The Morgan fingerprint density at radius 3 is 2.80 bits per heavy atom. The first kappa shape index (κ1) is 15.5. The van der Waals surface area contributed by atoms with E-state index in [-0.39, 0.29) is 11.6 Å². The lowest BCUT2D eigenvalue weighted by atomic mass is 9.72. The summed E-state index contributed by atoms with van der Waals surface area (Å²) >= 11 is 0. The number of nitrogens with two attached hydrogens (primary N) is 1. The SMILES string of the molecule is CCOC1(C(N)c2cccc(C)c2C)CCCC(C)C1. The van der Waals surface area contributed by atoms with Gasteiger partial charge in [-0.1, -0.05) is 38.0 Å². The standard InChI is InChI=1S/C18H29NO/c1-5-20-18(11-7-8-13(2)12-18)17(19)16-10-6-9-14(3)15(16)4/h6,9-10,13,17H,5,7-8,11-12,19H2,1-4H3. The molecule has 0 heterocycles. The molecule has 0 radical (unpaired) electrons. The predicted octanol–water partition coefficient (Wildman–Crippen LogP) is 4.29. The molecule has 1 saturated carbocycles. The van der Waals surface area contributed by atoms with Gasteiger partial charge in [-0.05, 0) is 56.2 Å². The summed E-state index contributed by atoms with van der Waals surface area (Å²) in [6.45, 7) is 9.48. The van der Waals surface area contributed by atoms with Crippen molar-refractivity contribution >= 4 is 0 Å². The average Bonchev–Trinajstić information content (AvgIpc) is 2.41. The molecule has 20 heavy (non-hydrogen) atoms. The van der Waals surface area contributed by atoms with Gasteiger partial charge in [0.05, 0.1) is 11.6 Å². The van der Waals surface area contributed by atoms with E-state index >= 15 is 0 Å². The average molecular weight is 275 g/mol. The van der Waals surface area contributed by atoms with Crippen LogP contribution in [0.25, 0.3) is 0 Å². The predicted molar refractivity (Wildman–Crippen MR) is 84.8 cm³/mol. The molecular weight excluding hydrogens is 246 g/mol. The van der Waals surface area contributed by atoms with Crippen molar-refractivity contribution in [3.8, 4) is 0 Å². The fraction of sp³-hybridized carbons (Fsp3) is 0.667. The number of aryl methyl sites for hydroxylation is 1. The zero-order valence-electron chi connectivity index (χ0n) is 13.4. The zero-order chi connectivity index (χ0) is 14.8. The molecule has 3 atom stereocenters. The highest BCUT2D eigenvalue weighted by molar-refractivity contribution is 5.36. The third kappa shape index (κ3) is 2.91. The van der Waals surface area contributed by atoms with Crippen LogP contribution in [0.1, 0.15) is 62.3 Å². The van der Waals surface area contributed by atoms with Crippen LogP contribution >= 0.6 is 0 Å². The van der Waals surface area contributed by atoms with E-state index in [1.165, 1.54) is 29.5 Å². The smallest absolute Gasteiger partial charge is 0.0876 e. The van der Waals surface area contributed by atoms with Gasteiger partial charge in [-0.3, -0.25) is 0 Å². The van der Waals surface area contributed by atoms with Crippen LogP contribution in [0.15, 0.2) is 18.2 Å². The number of hydrogen-bond acceptors (Lipinski definition) is 2. The van der Waals surface area contributed by atoms with Gasteiger partial charge in [0.25, 0.3) is 0 Å². The Morgan fingerprint density at radius 2 is 2.15 bits per heavy atom. The molecule has 0 bridgehead atoms.